The number of ether oxygens (including phenoxy) is 5. The van der Waals surface area contributed by atoms with Crippen LogP contribution in [0.4, 0.5) is 4.39 Å². The topological polar surface area (TPSA) is 82.4 Å². The van der Waals surface area contributed by atoms with Gasteiger partial charge < -0.3 is 29.1 Å². The van der Waals surface area contributed by atoms with Gasteiger partial charge in [0.05, 0.1) is 13.7 Å². The van der Waals surface area contributed by atoms with Gasteiger partial charge >= 0.3 is 0 Å². The molecule has 1 rings (SSSR count). The maximum Gasteiger partial charge on any atom is 0.221 e. The maximum atomic E-state index is 14.2. The van der Waals surface area contributed by atoms with Crippen molar-refractivity contribution in [2.75, 3.05) is 48.3 Å². The van der Waals surface area contributed by atoms with Crippen LogP contribution in [0.1, 0.15) is 79.2 Å². The highest BCUT2D eigenvalue weighted by Crippen LogP contribution is 2.25. The Morgan fingerprint density at radius 1 is 1.10 bits per heavy atom. The lowest BCUT2D eigenvalue weighted by Gasteiger charge is -2.15. The van der Waals surface area contributed by atoms with Crippen LogP contribution in [-0.4, -0.2) is 59.9 Å². The van der Waals surface area contributed by atoms with Gasteiger partial charge in [0.2, 0.25) is 11.8 Å². The number of hydrogen-bond acceptors (Lipinski definition) is 7. The zero-order valence-corrected chi connectivity index (χ0v) is 26.4. The molecule has 0 aliphatic carbocycles. The van der Waals surface area contributed by atoms with E-state index in [4.69, 9.17) is 19.6 Å². The van der Waals surface area contributed by atoms with E-state index in [1.54, 1.807) is 47.5 Å². The van der Waals surface area contributed by atoms with Crippen LogP contribution in [0, 0.1) is 17.1 Å². The first-order chi connectivity index (χ1) is 18.5. The molecule has 0 spiro atoms. The van der Waals surface area contributed by atoms with Crippen LogP contribution in [0.15, 0.2) is 47.8 Å². The Kier molecular flexibility index (Phi) is 29.9. The summed E-state index contributed by atoms with van der Waals surface area (Å²) in [4.78, 5) is 4.35. The Morgan fingerprint density at radius 3 is 2.08 bits per heavy atom. The smallest absolute Gasteiger partial charge is 0.221 e. The van der Waals surface area contributed by atoms with E-state index in [1.807, 2.05) is 33.8 Å². The van der Waals surface area contributed by atoms with Crippen LogP contribution in [0.2, 0.25) is 0 Å². The normalized spacial score (nSPS) is 12.3. The minimum absolute atomic E-state index is 0.0796. The molecule has 2 unspecified atom stereocenters. The van der Waals surface area contributed by atoms with Crippen molar-refractivity contribution in [3.05, 3.63) is 54.2 Å². The standard InChI is InChI=1S/C22H32FNO3.C4H9N.C3H8O.C2H6O/c1-7-12-26-15-17(5)19-14-18(10-11-20(19)23)27-21(9-3)24-22(25-6)13-16(4)8-2;1-3-4(2)5;1-3-4-2;1-3-2/h9-11,13-14,16-17H,3,7-8,12,15H2,1-2,4-6H3;5H,3H2,1-2H3;3H2,1-2H3;1-2H3/b22-13+,24-21+;;;. The molecule has 0 aromatic heterocycles. The van der Waals surface area contributed by atoms with Gasteiger partial charge in [0.1, 0.15) is 11.6 Å². The molecular formula is C31H55FN2O5. The maximum absolute atomic E-state index is 14.2. The largest absolute Gasteiger partial charge is 0.481 e. The van der Waals surface area contributed by atoms with Crippen LogP contribution in [0.3, 0.4) is 0 Å². The number of aliphatic imine (C=N–C) groups is 1. The quantitative estimate of drug-likeness (QED) is 0.115. The van der Waals surface area contributed by atoms with Crippen LogP contribution in [-0.2, 0) is 18.9 Å². The third-order valence-electron chi connectivity index (χ3n) is 4.93. The molecule has 8 heteroatoms. The van der Waals surface area contributed by atoms with Gasteiger partial charge in [-0.25, -0.2) is 4.39 Å². The van der Waals surface area contributed by atoms with E-state index in [1.165, 1.54) is 12.1 Å². The molecule has 0 aliphatic heterocycles. The Labute approximate surface area is 238 Å². The second-order valence-corrected chi connectivity index (χ2v) is 8.63. The van der Waals surface area contributed by atoms with E-state index in [-0.39, 0.29) is 11.7 Å². The number of rotatable bonds is 13. The summed E-state index contributed by atoms with van der Waals surface area (Å²) in [6.07, 6.45) is 6.23. The van der Waals surface area contributed by atoms with Crippen LogP contribution >= 0.6 is 0 Å². The first-order valence-electron chi connectivity index (χ1n) is 13.5. The van der Waals surface area contributed by atoms with Gasteiger partial charge in [-0.15, -0.1) is 0 Å². The van der Waals surface area contributed by atoms with Crippen molar-refractivity contribution in [2.45, 2.75) is 73.6 Å². The first kappa shape index (κ1) is 40.9. The Hall–Kier alpha value is -2.55. The lowest BCUT2D eigenvalue weighted by molar-refractivity contribution is 0.123. The first-order valence-corrected chi connectivity index (χ1v) is 13.5. The van der Waals surface area contributed by atoms with E-state index < -0.39 is 0 Å². The number of methoxy groups -OCH3 is 3. The zero-order valence-electron chi connectivity index (χ0n) is 26.4. The predicted octanol–water partition coefficient (Wildman–Crippen LogP) is 8.20. The van der Waals surface area contributed by atoms with Gasteiger partial charge in [0.25, 0.3) is 0 Å². The molecule has 1 N–H and O–H groups in total. The molecule has 0 radical (unpaired) electrons. The molecule has 0 bridgehead atoms. The summed E-state index contributed by atoms with van der Waals surface area (Å²) >= 11 is 0. The lowest BCUT2D eigenvalue weighted by Crippen LogP contribution is -2.09. The van der Waals surface area contributed by atoms with E-state index >= 15 is 0 Å². The SMILES string of the molecule is C=C/C(=N\C(=C/C(C)CC)OC)Oc1ccc(F)c(C(C)COCCC)c1.CCC(C)=N.CCOC.COC. The molecule has 0 saturated carbocycles. The number of nitrogens with one attached hydrogen (secondary N) is 1. The van der Waals surface area contributed by atoms with Crippen molar-refractivity contribution in [2.24, 2.45) is 10.9 Å². The fourth-order valence-corrected chi connectivity index (χ4v) is 2.31. The number of halogens is 1. The summed E-state index contributed by atoms with van der Waals surface area (Å²) in [5.41, 5.74) is 1.30. The van der Waals surface area contributed by atoms with Crippen molar-refractivity contribution in [3.63, 3.8) is 0 Å². The molecule has 1 aromatic rings. The lowest BCUT2D eigenvalue weighted by atomic mass is 10.0. The van der Waals surface area contributed by atoms with Gasteiger partial charge in [-0.1, -0.05) is 41.2 Å². The minimum Gasteiger partial charge on any atom is -0.481 e. The van der Waals surface area contributed by atoms with Crippen molar-refractivity contribution in [1.29, 1.82) is 5.41 Å². The van der Waals surface area contributed by atoms with E-state index in [0.717, 1.165) is 31.6 Å². The van der Waals surface area contributed by atoms with E-state index in [0.29, 0.717) is 42.2 Å². The third kappa shape index (κ3) is 24.2. The van der Waals surface area contributed by atoms with E-state index in [9.17, 15) is 4.39 Å². The molecule has 1 aromatic carbocycles. The highest BCUT2D eigenvalue weighted by Gasteiger charge is 2.13. The number of allylic oxidation sites excluding steroid dienone is 1. The molecule has 0 fully saturated rings. The average Bonchev–Trinajstić information content (AvgIpc) is 2.93. The van der Waals surface area contributed by atoms with Gasteiger partial charge in [-0.2, -0.15) is 4.99 Å². The zero-order chi connectivity index (χ0) is 30.6. The van der Waals surface area contributed by atoms with Gasteiger partial charge in [-0.05, 0) is 74.9 Å². The fraction of sp³-hybridized carbons (Fsp3) is 0.613. The number of hydrogen-bond donors (Lipinski definition) is 1. The molecule has 0 aliphatic rings. The highest BCUT2D eigenvalue weighted by molar-refractivity contribution is 5.89. The third-order valence-corrected chi connectivity index (χ3v) is 4.93. The summed E-state index contributed by atoms with van der Waals surface area (Å²) in [7, 11) is 6.49. The van der Waals surface area contributed by atoms with Crippen molar-refractivity contribution >= 4 is 11.6 Å². The molecule has 7 nitrogen and oxygen atoms in total. The van der Waals surface area contributed by atoms with Crippen LogP contribution in [0.5, 0.6) is 5.75 Å². The number of benzene rings is 1. The second kappa shape index (κ2) is 28.5. The molecule has 0 amide bonds. The monoisotopic (exact) mass is 554 g/mol. The summed E-state index contributed by atoms with van der Waals surface area (Å²) in [5, 5.41) is 6.74. The van der Waals surface area contributed by atoms with Crippen molar-refractivity contribution < 1.29 is 28.1 Å². The average molecular weight is 555 g/mol. The fourth-order valence-electron chi connectivity index (χ4n) is 2.31. The molecule has 226 valence electrons. The molecule has 2 atom stereocenters. The van der Waals surface area contributed by atoms with Crippen molar-refractivity contribution in [1.82, 2.24) is 0 Å². The highest BCUT2D eigenvalue weighted by atomic mass is 19.1. The summed E-state index contributed by atoms with van der Waals surface area (Å²) in [5.74, 6) is 1.22. The summed E-state index contributed by atoms with van der Waals surface area (Å²) < 4.78 is 39.6. The molecular weight excluding hydrogens is 499 g/mol. The van der Waals surface area contributed by atoms with E-state index in [2.05, 4.69) is 34.9 Å². The van der Waals surface area contributed by atoms with Gasteiger partial charge in [0.15, 0.2) is 0 Å². The minimum atomic E-state index is -0.277. The Bertz CT molecular complexity index is 810. The van der Waals surface area contributed by atoms with Crippen LogP contribution < -0.4 is 4.74 Å². The Balaban J connectivity index is -0.000000903. The van der Waals surface area contributed by atoms with Gasteiger partial charge in [0, 0.05) is 46.2 Å². The van der Waals surface area contributed by atoms with Gasteiger partial charge in [-0.3, -0.25) is 0 Å². The second-order valence-electron chi connectivity index (χ2n) is 8.63. The predicted molar refractivity (Wildman–Crippen MR) is 163 cm³/mol. The molecule has 0 saturated heterocycles. The summed E-state index contributed by atoms with van der Waals surface area (Å²) in [6.45, 7) is 19.6. The molecule has 39 heavy (non-hydrogen) atoms. The summed E-state index contributed by atoms with van der Waals surface area (Å²) in [6, 6.07) is 4.65. The Morgan fingerprint density at radius 2 is 1.67 bits per heavy atom. The van der Waals surface area contributed by atoms with Crippen molar-refractivity contribution in [3.8, 4) is 5.75 Å². The molecule has 0 heterocycles. The number of nitrogens with zero attached hydrogens (tertiary/aromatic N) is 1. The van der Waals surface area contributed by atoms with Crippen LogP contribution in [0.25, 0.3) is 0 Å².